The molecule has 0 saturated heterocycles. The van der Waals surface area contributed by atoms with Crippen LogP contribution >= 0.6 is 0 Å². The van der Waals surface area contributed by atoms with E-state index >= 15 is 0 Å². The van der Waals surface area contributed by atoms with Gasteiger partial charge in [-0.1, -0.05) is 30.3 Å². The highest BCUT2D eigenvalue weighted by Crippen LogP contribution is 2.39. The number of hydrogen-bond donors (Lipinski definition) is 0. The van der Waals surface area contributed by atoms with Crippen LogP contribution in [0.25, 0.3) is 0 Å². The zero-order chi connectivity index (χ0) is 23.6. The van der Waals surface area contributed by atoms with Crippen LogP contribution in [0.3, 0.4) is 0 Å². The molecule has 0 radical (unpaired) electrons. The van der Waals surface area contributed by atoms with Crippen molar-refractivity contribution in [2.75, 3.05) is 0 Å². The Bertz CT molecular complexity index is 1040. The van der Waals surface area contributed by atoms with E-state index in [2.05, 4.69) is 0 Å². The minimum atomic E-state index is -4.50. The summed E-state index contributed by atoms with van der Waals surface area (Å²) < 4.78 is 58.4. The van der Waals surface area contributed by atoms with Gasteiger partial charge in [0.05, 0.1) is 23.8 Å². The molecule has 0 aliphatic carbocycles. The van der Waals surface area contributed by atoms with Crippen LogP contribution in [0.1, 0.15) is 49.8 Å². The molecule has 1 aliphatic heterocycles. The van der Waals surface area contributed by atoms with Crippen LogP contribution in [0.4, 0.5) is 17.6 Å². The first kappa shape index (κ1) is 23.5. The molecule has 0 fully saturated rings. The number of amides is 1. The van der Waals surface area contributed by atoms with Crippen molar-refractivity contribution in [1.82, 2.24) is 4.90 Å². The molecule has 0 aromatic heterocycles. The molecule has 2 aromatic rings. The number of carbonyl (C=O) groups is 2. The number of benzene rings is 2. The summed E-state index contributed by atoms with van der Waals surface area (Å²) in [6, 6.07) is 10.4. The highest BCUT2D eigenvalue weighted by molar-refractivity contribution is 5.96. The molecule has 1 amide bonds. The predicted molar refractivity (Wildman–Crippen MR) is 110 cm³/mol. The Morgan fingerprint density at radius 1 is 1.12 bits per heavy atom. The molecule has 0 saturated carbocycles. The molecule has 8 heteroatoms. The molecule has 1 heterocycles. The fraction of sp³-hybridized carbons (Fsp3) is 0.333. The smallest absolute Gasteiger partial charge is 0.416 e. The number of ether oxygens (including phenoxy) is 1. The normalized spacial score (nSPS) is 17.2. The van der Waals surface area contributed by atoms with Gasteiger partial charge in [0.15, 0.2) is 0 Å². The van der Waals surface area contributed by atoms with Gasteiger partial charge in [0, 0.05) is 23.6 Å². The van der Waals surface area contributed by atoms with Crippen molar-refractivity contribution in [3.63, 3.8) is 0 Å². The van der Waals surface area contributed by atoms with Crippen molar-refractivity contribution in [3.05, 3.63) is 82.3 Å². The molecule has 4 nitrogen and oxygen atoms in total. The van der Waals surface area contributed by atoms with Crippen molar-refractivity contribution >= 4 is 11.9 Å². The van der Waals surface area contributed by atoms with Gasteiger partial charge >= 0.3 is 12.1 Å². The summed E-state index contributed by atoms with van der Waals surface area (Å²) in [6.07, 6.45) is -5.09. The summed E-state index contributed by atoms with van der Waals surface area (Å²) in [7, 11) is 0. The Hall–Kier alpha value is -3.16. The van der Waals surface area contributed by atoms with Gasteiger partial charge in [0.1, 0.15) is 5.82 Å². The zero-order valence-corrected chi connectivity index (χ0v) is 17.9. The van der Waals surface area contributed by atoms with E-state index in [1.54, 1.807) is 32.9 Å². The van der Waals surface area contributed by atoms with Crippen molar-refractivity contribution in [1.29, 1.82) is 0 Å². The van der Waals surface area contributed by atoms with Crippen molar-refractivity contribution in [2.45, 2.75) is 51.9 Å². The molecule has 1 atom stereocenters. The molecule has 0 bridgehead atoms. The number of carbonyl (C=O) groups excluding carboxylic acids is 2. The van der Waals surface area contributed by atoms with E-state index < -0.39 is 35.5 Å². The molecule has 3 rings (SSSR count). The molecule has 0 N–H and O–H groups in total. The fourth-order valence-corrected chi connectivity index (χ4v) is 3.73. The monoisotopic (exact) mass is 449 g/mol. The van der Waals surface area contributed by atoms with E-state index in [0.717, 1.165) is 12.1 Å². The van der Waals surface area contributed by atoms with E-state index in [4.69, 9.17) is 4.74 Å². The number of rotatable bonds is 5. The van der Waals surface area contributed by atoms with Gasteiger partial charge in [-0.3, -0.25) is 4.79 Å². The van der Waals surface area contributed by atoms with Gasteiger partial charge in [0.2, 0.25) is 5.91 Å². The third-order valence-corrected chi connectivity index (χ3v) is 5.31. The summed E-state index contributed by atoms with van der Waals surface area (Å²) in [6.45, 7) is 4.83. The van der Waals surface area contributed by atoms with Gasteiger partial charge in [-0.25, -0.2) is 9.18 Å². The Labute approximate surface area is 183 Å². The lowest BCUT2D eigenvalue weighted by molar-refractivity contribution is -0.144. The Morgan fingerprint density at radius 2 is 1.75 bits per heavy atom. The zero-order valence-electron chi connectivity index (χ0n) is 17.9. The third kappa shape index (κ3) is 5.00. The molecule has 32 heavy (non-hydrogen) atoms. The maximum absolute atomic E-state index is 14.2. The number of esters is 1. The second-order valence-electron chi connectivity index (χ2n) is 7.90. The first-order valence-electron chi connectivity index (χ1n) is 10.1. The predicted octanol–water partition coefficient (Wildman–Crippen LogP) is 5.59. The number of halogens is 4. The molecule has 0 unspecified atom stereocenters. The van der Waals surface area contributed by atoms with Crippen LogP contribution in [-0.4, -0.2) is 22.9 Å². The fourth-order valence-electron chi connectivity index (χ4n) is 3.73. The summed E-state index contributed by atoms with van der Waals surface area (Å²) >= 11 is 0. The lowest BCUT2D eigenvalue weighted by atomic mass is 9.83. The number of nitrogens with zero attached hydrogens (tertiary/aromatic N) is 1. The lowest BCUT2D eigenvalue weighted by Crippen LogP contribution is -2.38. The van der Waals surface area contributed by atoms with Gasteiger partial charge in [-0.15, -0.1) is 0 Å². The first-order chi connectivity index (χ1) is 15.0. The first-order valence-corrected chi connectivity index (χ1v) is 10.1. The second-order valence-corrected chi connectivity index (χ2v) is 7.90. The Morgan fingerprint density at radius 3 is 2.31 bits per heavy atom. The van der Waals surface area contributed by atoms with E-state index in [1.165, 1.54) is 29.2 Å². The van der Waals surface area contributed by atoms with Gasteiger partial charge in [0.25, 0.3) is 0 Å². The van der Waals surface area contributed by atoms with Gasteiger partial charge in [-0.05, 0) is 44.5 Å². The maximum atomic E-state index is 14.2. The molecular formula is C24H23F4NO3. The standard InChI is InChI=1S/C24H23F4NO3/c1-14(2)32-23(31)22-15(3)29(13-17-6-4-5-7-20(17)25)21(30)12-19(22)16-8-10-18(11-9-16)24(26,27)28/h4-11,14,19H,12-13H2,1-3H3/t19-/m0/s1. The van der Waals surface area contributed by atoms with Crippen molar-refractivity contribution in [2.24, 2.45) is 0 Å². The Balaban J connectivity index is 2.04. The lowest BCUT2D eigenvalue weighted by Gasteiger charge is -2.35. The van der Waals surface area contributed by atoms with Crippen molar-refractivity contribution < 1.29 is 31.9 Å². The summed E-state index contributed by atoms with van der Waals surface area (Å²) in [5.41, 5.74) is 0.322. The highest BCUT2D eigenvalue weighted by Gasteiger charge is 2.38. The SMILES string of the molecule is CC1=C(C(=O)OC(C)C)[C@H](c2ccc(C(F)(F)F)cc2)CC(=O)N1Cc1ccccc1F. The average molecular weight is 449 g/mol. The van der Waals surface area contributed by atoms with Crippen LogP contribution < -0.4 is 0 Å². The minimum Gasteiger partial charge on any atom is -0.460 e. The quantitative estimate of drug-likeness (QED) is 0.442. The largest absolute Gasteiger partial charge is 0.460 e. The van der Waals surface area contributed by atoms with Crippen LogP contribution in [0.5, 0.6) is 0 Å². The van der Waals surface area contributed by atoms with E-state index in [1.807, 2.05) is 0 Å². The molecule has 170 valence electrons. The highest BCUT2D eigenvalue weighted by atomic mass is 19.4. The topological polar surface area (TPSA) is 46.6 Å². The number of allylic oxidation sites excluding steroid dienone is 1. The van der Waals surface area contributed by atoms with E-state index in [-0.39, 0.29) is 30.0 Å². The summed E-state index contributed by atoms with van der Waals surface area (Å²) in [5.74, 6) is -2.28. The van der Waals surface area contributed by atoms with Gasteiger partial charge in [-0.2, -0.15) is 13.2 Å². The molecule has 2 aromatic carbocycles. The van der Waals surface area contributed by atoms with E-state index in [0.29, 0.717) is 11.3 Å². The van der Waals surface area contributed by atoms with Crippen LogP contribution in [0.15, 0.2) is 59.8 Å². The van der Waals surface area contributed by atoms with Crippen molar-refractivity contribution in [3.8, 4) is 0 Å². The maximum Gasteiger partial charge on any atom is 0.416 e. The molecule has 0 spiro atoms. The van der Waals surface area contributed by atoms with Crippen LogP contribution in [0, 0.1) is 5.82 Å². The third-order valence-electron chi connectivity index (χ3n) is 5.31. The number of hydrogen-bond acceptors (Lipinski definition) is 3. The average Bonchev–Trinajstić information content (AvgIpc) is 2.70. The summed E-state index contributed by atoms with van der Waals surface area (Å²) in [5, 5.41) is 0. The second kappa shape index (κ2) is 9.14. The van der Waals surface area contributed by atoms with Gasteiger partial charge < -0.3 is 9.64 Å². The summed E-state index contributed by atoms with van der Waals surface area (Å²) in [4.78, 5) is 27.2. The Kier molecular flexibility index (Phi) is 6.71. The van der Waals surface area contributed by atoms with Crippen LogP contribution in [0.2, 0.25) is 0 Å². The number of alkyl halides is 3. The molecule has 1 aliphatic rings. The van der Waals surface area contributed by atoms with E-state index in [9.17, 15) is 27.2 Å². The minimum absolute atomic E-state index is 0.0739. The van der Waals surface area contributed by atoms with Crippen LogP contribution in [-0.2, 0) is 27.0 Å². The molecular weight excluding hydrogens is 426 g/mol.